The number of benzene rings is 2. The number of aromatic nitrogens is 2. The van der Waals surface area contributed by atoms with E-state index in [0.717, 1.165) is 11.6 Å². The smallest absolute Gasteiger partial charge is 0.264 e. The predicted molar refractivity (Wildman–Crippen MR) is 116 cm³/mol. The van der Waals surface area contributed by atoms with Crippen molar-refractivity contribution in [3.8, 4) is 11.8 Å². The van der Waals surface area contributed by atoms with Gasteiger partial charge in [-0.25, -0.2) is 18.3 Å². The zero-order chi connectivity index (χ0) is 23.5. The topological polar surface area (TPSA) is 122 Å². The minimum Gasteiger partial charge on any atom is -0.392 e. The fraction of sp³-hybridized carbons (Fsp3) is 0.273. The zero-order valence-corrected chi connectivity index (χ0v) is 18.3. The summed E-state index contributed by atoms with van der Waals surface area (Å²) in [5.41, 5.74) is 3.42. The van der Waals surface area contributed by atoms with Gasteiger partial charge in [0.1, 0.15) is 5.82 Å². The number of halogens is 1. The van der Waals surface area contributed by atoms with Crippen LogP contribution in [-0.2, 0) is 27.8 Å². The summed E-state index contributed by atoms with van der Waals surface area (Å²) < 4.78 is 37.7. The second-order valence-electron chi connectivity index (χ2n) is 7.57. The van der Waals surface area contributed by atoms with Gasteiger partial charge in [-0.05, 0) is 43.7 Å². The summed E-state index contributed by atoms with van der Waals surface area (Å²) in [5, 5.41) is 23.1. The van der Waals surface area contributed by atoms with Gasteiger partial charge in [-0.1, -0.05) is 17.9 Å². The maximum absolute atomic E-state index is 13.8. The third-order valence-electron chi connectivity index (χ3n) is 5.34. The molecule has 1 aromatic heterocycles. The van der Waals surface area contributed by atoms with Crippen LogP contribution in [0.15, 0.2) is 42.6 Å². The lowest BCUT2D eigenvalue weighted by Gasteiger charge is -2.24. The number of carbonyl (C=O) groups is 1. The van der Waals surface area contributed by atoms with Crippen LogP contribution < -0.4 is 5.48 Å². The molecule has 3 aromatic rings. The highest BCUT2D eigenvalue weighted by Gasteiger charge is 2.43. The van der Waals surface area contributed by atoms with E-state index in [1.807, 2.05) is 0 Å². The van der Waals surface area contributed by atoms with Crippen molar-refractivity contribution in [1.82, 2.24) is 15.3 Å². The largest absolute Gasteiger partial charge is 0.392 e. The van der Waals surface area contributed by atoms with Gasteiger partial charge in [-0.2, -0.15) is 5.10 Å². The van der Waals surface area contributed by atoms with Crippen LogP contribution in [0.1, 0.15) is 30.0 Å². The van der Waals surface area contributed by atoms with E-state index in [1.54, 1.807) is 30.5 Å². The molecule has 0 aliphatic heterocycles. The summed E-state index contributed by atoms with van der Waals surface area (Å²) in [6, 6.07) is 9.66. The number of hydroxylamine groups is 1. The number of nitrogens with zero attached hydrogens (tertiary/aromatic N) is 2. The number of sulfone groups is 1. The van der Waals surface area contributed by atoms with Crippen molar-refractivity contribution in [3.63, 3.8) is 0 Å². The summed E-state index contributed by atoms with van der Waals surface area (Å²) in [4.78, 5) is 11.9. The number of amides is 1. The molecule has 0 bridgehead atoms. The normalized spacial score (nSPS) is 13.3. The van der Waals surface area contributed by atoms with Crippen molar-refractivity contribution < 1.29 is 27.9 Å². The van der Waals surface area contributed by atoms with Crippen LogP contribution in [0.3, 0.4) is 0 Å². The van der Waals surface area contributed by atoms with Gasteiger partial charge in [0.25, 0.3) is 5.91 Å². The third kappa shape index (κ3) is 4.80. The Morgan fingerprint density at radius 2 is 1.88 bits per heavy atom. The zero-order valence-electron chi connectivity index (χ0n) is 17.5. The molecule has 0 saturated heterocycles. The molecule has 3 N–H and O–H groups in total. The van der Waals surface area contributed by atoms with E-state index in [-0.39, 0.29) is 25.1 Å². The highest BCUT2D eigenvalue weighted by atomic mass is 32.2. The minimum atomic E-state index is -3.80. The molecule has 32 heavy (non-hydrogen) atoms. The van der Waals surface area contributed by atoms with Crippen LogP contribution in [0.2, 0.25) is 0 Å². The number of fused-ring (bicyclic) bond motifs is 1. The first-order valence-electron chi connectivity index (χ1n) is 9.60. The van der Waals surface area contributed by atoms with Gasteiger partial charge in [-0.3, -0.25) is 14.7 Å². The highest BCUT2D eigenvalue weighted by molar-refractivity contribution is 7.92. The van der Waals surface area contributed by atoms with Gasteiger partial charge >= 0.3 is 0 Å². The number of hydrogen-bond acceptors (Lipinski definition) is 6. The van der Waals surface area contributed by atoms with Crippen LogP contribution >= 0.6 is 0 Å². The molecule has 0 unspecified atom stereocenters. The molecule has 0 aliphatic rings. The molecule has 1 atom stereocenters. The number of nitrogens with one attached hydrogen (secondary N) is 1. The molecule has 1 amide bonds. The minimum absolute atomic E-state index is 0.0890. The molecule has 3 rings (SSSR count). The number of aryl methyl sites for hydroxylation is 1. The van der Waals surface area contributed by atoms with E-state index in [4.69, 9.17) is 10.3 Å². The van der Waals surface area contributed by atoms with Gasteiger partial charge in [0.05, 0.1) is 12.1 Å². The molecule has 168 valence electrons. The molecule has 0 aliphatic carbocycles. The van der Waals surface area contributed by atoms with E-state index >= 15 is 0 Å². The van der Waals surface area contributed by atoms with Crippen LogP contribution in [0.4, 0.5) is 4.39 Å². The number of aliphatic hydroxyl groups is 1. The van der Waals surface area contributed by atoms with E-state index in [2.05, 4.69) is 16.9 Å². The summed E-state index contributed by atoms with van der Waals surface area (Å²) >= 11 is 0. The number of rotatable bonds is 6. The van der Waals surface area contributed by atoms with Crippen LogP contribution in [0.5, 0.6) is 0 Å². The van der Waals surface area contributed by atoms with Gasteiger partial charge < -0.3 is 5.11 Å². The fourth-order valence-corrected chi connectivity index (χ4v) is 3.92. The molecular weight excluding hydrogens is 437 g/mol. The Kier molecular flexibility index (Phi) is 6.64. The van der Waals surface area contributed by atoms with E-state index in [9.17, 15) is 17.6 Å². The number of aliphatic hydroxyl groups excluding tert-OH is 1. The first kappa shape index (κ1) is 23.4. The first-order chi connectivity index (χ1) is 15.1. The van der Waals surface area contributed by atoms with Gasteiger partial charge in [-0.15, -0.1) is 0 Å². The first-order valence-corrected chi connectivity index (χ1v) is 11.5. The number of carbonyl (C=O) groups excluding carboxylic acids is 1. The SMILES string of the molecule is C[C@@](CCn1cc2cc(C#Cc3ccc(CO)c(F)c3)ccc2n1)(C(=O)NO)S(C)(=O)=O. The molecule has 0 spiro atoms. The molecule has 0 radical (unpaired) electrons. The molecular formula is C22H22FN3O5S. The van der Waals surface area contributed by atoms with Gasteiger partial charge in [0, 0.05) is 41.1 Å². The highest BCUT2D eigenvalue weighted by Crippen LogP contribution is 2.23. The van der Waals surface area contributed by atoms with Crippen molar-refractivity contribution in [2.24, 2.45) is 0 Å². The lowest BCUT2D eigenvalue weighted by molar-refractivity contribution is -0.131. The Bertz CT molecular complexity index is 1340. The summed E-state index contributed by atoms with van der Waals surface area (Å²) in [7, 11) is -3.80. The summed E-state index contributed by atoms with van der Waals surface area (Å²) in [6.45, 7) is 0.998. The molecule has 0 fully saturated rings. The standard InChI is InChI=1S/C22H22FN3O5S/c1-22(21(28)25-29,32(2,30)31)9-10-26-13-18-11-15(6-8-20(18)24-26)3-4-16-5-7-17(14-27)19(23)12-16/h5-8,11-13,27,29H,9-10,14H2,1-2H3,(H,25,28)/t22-/m1/s1. The monoisotopic (exact) mass is 459 g/mol. The van der Waals surface area contributed by atoms with Crippen LogP contribution in [0, 0.1) is 17.7 Å². The van der Waals surface area contributed by atoms with Crippen molar-refractivity contribution in [1.29, 1.82) is 0 Å². The summed E-state index contributed by atoms with van der Waals surface area (Å²) in [5.74, 6) is 4.30. The molecule has 2 aromatic carbocycles. The Morgan fingerprint density at radius 3 is 2.47 bits per heavy atom. The van der Waals surface area contributed by atoms with Crippen molar-refractivity contribution in [2.45, 2.75) is 31.2 Å². The van der Waals surface area contributed by atoms with Gasteiger partial charge in [0.2, 0.25) is 0 Å². The third-order valence-corrected chi connectivity index (χ3v) is 7.37. The molecule has 10 heteroatoms. The molecule has 1 heterocycles. The maximum atomic E-state index is 13.8. The second kappa shape index (κ2) is 9.08. The predicted octanol–water partition coefficient (Wildman–Crippen LogP) is 1.77. The Hall–Kier alpha value is -3.26. The van der Waals surface area contributed by atoms with Crippen LogP contribution in [-0.4, -0.2) is 45.4 Å². The van der Waals surface area contributed by atoms with Gasteiger partial charge in [0.15, 0.2) is 14.6 Å². The average Bonchev–Trinajstić information content (AvgIpc) is 3.17. The Balaban J connectivity index is 1.81. The lowest BCUT2D eigenvalue weighted by Crippen LogP contribution is -2.49. The lowest BCUT2D eigenvalue weighted by atomic mass is 10.1. The fourth-order valence-electron chi connectivity index (χ4n) is 3.08. The molecule has 8 nitrogen and oxygen atoms in total. The van der Waals surface area contributed by atoms with Crippen molar-refractivity contribution in [2.75, 3.05) is 6.26 Å². The van der Waals surface area contributed by atoms with Crippen LogP contribution in [0.25, 0.3) is 10.9 Å². The second-order valence-corrected chi connectivity index (χ2v) is 10.0. The van der Waals surface area contributed by atoms with Crippen molar-refractivity contribution in [3.05, 3.63) is 65.1 Å². The average molecular weight is 459 g/mol. The molecule has 0 saturated carbocycles. The number of hydrogen-bond donors (Lipinski definition) is 3. The quantitative estimate of drug-likeness (QED) is 0.293. The maximum Gasteiger partial charge on any atom is 0.264 e. The Morgan fingerprint density at radius 1 is 1.22 bits per heavy atom. The van der Waals surface area contributed by atoms with E-state index in [1.165, 1.54) is 29.2 Å². The van der Waals surface area contributed by atoms with Crippen molar-refractivity contribution >= 4 is 26.6 Å². The Labute approximate surface area is 184 Å². The van der Waals surface area contributed by atoms with E-state index < -0.39 is 26.3 Å². The summed E-state index contributed by atoms with van der Waals surface area (Å²) in [6.07, 6.45) is 2.56. The van der Waals surface area contributed by atoms with E-state index in [0.29, 0.717) is 16.6 Å².